The molecule has 2 amide bonds. The van der Waals surface area contributed by atoms with Gasteiger partial charge in [-0.1, -0.05) is 0 Å². The SMILES string of the molecule is Cc1cc(C(=O)NCC(=O)N2CCCCC2)n(C)n1. The van der Waals surface area contributed by atoms with Crippen molar-refractivity contribution in [3.63, 3.8) is 0 Å². The topological polar surface area (TPSA) is 67.2 Å². The Bertz CT molecular complexity index is 475. The number of rotatable bonds is 3. The Balaban J connectivity index is 1.86. The molecule has 0 atom stereocenters. The van der Waals surface area contributed by atoms with Crippen LogP contribution in [0.1, 0.15) is 35.4 Å². The molecule has 1 aromatic heterocycles. The number of aromatic nitrogens is 2. The van der Waals surface area contributed by atoms with Gasteiger partial charge in [-0.2, -0.15) is 5.10 Å². The summed E-state index contributed by atoms with van der Waals surface area (Å²) in [5, 5.41) is 6.77. The summed E-state index contributed by atoms with van der Waals surface area (Å²) in [6.45, 7) is 3.50. The van der Waals surface area contributed by atoms with Crippen LogP contribution in [-0.2, 0) is 11.8 Å². The standard InChI is InChI=1S/C13H20N4O2/c1-10-8-11(16(2)15-10)13(19)14-9-12(18)17-6-4-3-5-7-17/h8H,3-7,9H2,1-2H3,(H,14,19). The summed E-state index contributed by atoms with van der Waals surface area (Å²) in [5.41, 5.74) is 1.26. The monoisotopic (exact) mass is 264 g/mol. The number of hydrogen-bond acceptors (Lipinski definition) is 3. The van der Waals surface area contributed by atoms with E-state index in [1.807, 2.05) is 11.8 Å². The predicted molar refractivity (Wildman–Crippen MR) is 70.7 cm³/mol. The highest BCUT2D eigenvalue weighted by molar-refractivity contribution is 5.95. The molecule has 6 nitrogen and oxygen atoms in total. The number of aryl methyl sites for hydroxylation is 2. The fourth-order valence-electron chi connectivity index (χ4n) is 2.32. The summed E-state index contributed by atoms with van der Waals surface area (Å²) >= 11 is 0. The highest BCUT2D eigenvalue weighted by Gasteiger charge is 2.18. The van der Waals surface area contributed by atoms with Gasteiger partial charge in [0.05, 0.1) is 12.2 Å². The van der Waals surface area contributed by atoms with Crippen LogP contribution in [0, 0.1) is 6.92 Å². The van der Waals surface area contributed by atoms with Crippen LogP contribution in [0.25, 0.3) is 0 Å². The van der Waals surface area contributed by atoms with Gasteiger partial charge < -0.3 is 10.2 Å². The molecule has 1 aliphatic heterocycles. The van der Waals surface area contributed by atoms with Gasteiger partial charge in [0.1, 0.15) is 5.69 Å². The lowest BCUT2D eigenvalue weighted by Crippen LogP contribution is -2.42. The average molecular weight is 264 g/mol. The molecule has 2 heterocycles. The van der Waals surface area contributed by atoms with Crippen molar-refractivity contribution in [1.29, 1.82) is 0 Å². The molecule has 0 aromatic carbocycles. The van der Waals surface area contributed by atoms with E-state index in [4.69, 9.17) is 0 Å². The van der Waals surface area contributed by atoms with Crippen LogP contribution in [0.4, 0.5) is 0 Å². The maximum Gasteiger partial charge on any atom is 0.269 e. The number of amides is 2. The van der Waals surface area contributed by atoms with Crippen molar-refractivity contribution < 1.29 is 9.59 Å². The molecule has 0 aliphatic carbocycles. The third-order valence-electron chi connectivity index (χ3n) is 3.34. The van der Waals surface area contributed by atoms with E-state index in [-0.39, 0.29) is 18.4 Å². The van der Waals surface area contributed by atoms with Gasteiger partial charge >= 0.3 is 0 Å². The number of likely N-dealkylation sites (tertiary alicyclic amines) is 1. The first-order chi connectivity index (χ1) is 9.08. The summed E-state index contributed by atoms with van der Waals surface area (Å²) in [7, 11) is 1.72. The van der Waals surface area contributed by atoms with E-state index in [2.05, 4.69) is 10.4 Å². The lowest BCUT2D eigenvalue weighted by atomic mass is 10.1. The van der Waals surface area contributed by atoms with Gasteiger partial charge in [0.15, 0.2) is 0 Å². The molecule has 0 spiro atoms. The molecule has 104 valence electrons. The summed E-state index contributed by atoms with van der Waals surface area (Å²) in [5.74, 6) is -0.264. The Morgan fingerprint density at radius 1 is 1.32 bits per heavy atom. The first kappa shape index (κ1) is 13.6. The van der Waals surface area contributed by atoms with Crippen LogP contribution in [0.15, 0.2) is 6.07 Å². The second-order valence-corrected chi connectivity index (χ2v) is 4.92. The summed E-state index contributed by atoms with van der Waals surface area (Å²) < 4.78 is 1.52. The molecule has 1 aliphatic rings. The maximum atomic E-state index is 11.9. The molecule has 0 radical (unpaired) electrons. The highest BCUT2D eigenvalue weighted by atomic mass is 16.2. The Kier molecular flexibility index (Phi) is 4.19. The van der Waals surface area contributed by atoms with Crippen molar-refractivity contribution in [2.75, 3.05) is 19.6 Å². The number of nitrogens with one attached hydrogen (secondary N) is 1. The van der Waals surface area contributed by atoms with Crippen LogP contribution >= 0.6 is 0 Å². The molecule has 1 saturated heterocycles. The minimum absolute atomic E-state index is 0.00746. The van der Waals surface area contributed by atoms with Crippen molar-refractivity contribution in [1.82, 2.24) is 20.0 Å². The molecule has 6 heteroatoms. The molecule has 0 bridgehead atoms. The maximum absolute atomic E-state index is 11.9. The van der Waals surface area contributed by atoms with Gasteiger partial charge in [-0.25, -0.2) is 0 Å². The largest absolute Gasteiger partial charge is 0.342 e. The van der Waals surface area contributed by atoms with Gasteiger partial charge in [-0.15, -0.1) is 0 Å². The highest BCUT2D eigenvalue weighted by Crippen LogP contribution is 2.08. The number of nitrogens with zero attached hydrogens (tertiary/aromatic N) is 3. The minimum atomic E-state index is -0.256. The van der Waals surface area contributed by atoms with E-state index in [0.717, 1.165) is 31.6 Å². The lowest BCUT2D eigenvalue weighted by Gasteiger charge is -2.26. The van der Waals surface area contributed by atoms with Gasteiger partial charge in [0.2, 0.25) is 5.91 Å². The van der Waals surface area contributed by atoms with E-state index in [1.54, 1.807) is 13.1 Å². The molecule has 0 unspecified atom stereocenters. The molecule has 2 rings (SSSR count). The molecule has 0 saturated carbocycles. The van der Waals surface area contributed by atoms with E-state index in [0.29, 0.717) is 5.69 Å². The Morgan fingerprint density at radius 3 is 2.58 bits per heavy atom. The molecule has 1 N–H and O–H groups in total. The fourth-order valence-corrected chi connectivity index (χ4v) is 2.32. The predicted octanol–water partition coefficient (Wildman–Crippen LogP) is 0.471. The van der Waals surface area contributed by atoms with Crippen molar-refractivity contribution in [3.8, 4) is 0 Å². The van der Waals surface area contributed by atoms with Gasteiger partial charge in [0, 0.05) is 20.1 Å². The fraction of sp³-hybridized carbons (Fsp3) is 0.615. The Hall–Kier alpha value is -1.85. The normalized spacial score (nSPS) is 15.4. The number of hydrogen-bond donors (Lipinski definition) is 1. The number of carbonyl (C=O) groups is 2. The second kappa shape index (κ2) is 5.86. The Morgan fingerprint density at radius 2 is 2.00 bits per heavy atom. The van der Waals surface area contributed by atoms with Gasteiger partial charge in [0.25, 0.3) is 5.91 Å². The number of piperidine rings is 1. The van der Waals surface area contributed by atoms with Crippen molar-refractivity contribution in [2.24, 2.45) is 7.05 Å². The van der Waals surface area contributed by atoms with Crippen LogP contribution < -0.4 is 5.32 Å². The quantitative estimate of drug-likeness (QED) is 0.863. The lowest BCUT2D eigenvalue weighted by molar-refractivity contribution is -0.130. The van der Waals surface area contributed by atoms with E-state index in [1.165, 1.54) is 11.1 Å². The Labute approximate surface area is 112 Å². The van der Waals surface area contributed by atoms with Crippen LogP contribution in [0.3, 0.4) is 0 Å². The smallest absolute Gasteiger partial charge is 0.269 e. The minimum Gasteiger partial charge on any atom is -0.342 e. The van der Waals surface area contributed by atoms with Crippen LogP contribution in [0.5, 0.6) is 0 Å². The molecule has 19 heavy (non-hydrogen) atoms. The first-order valence-electron chi connectivity index (χ1n) is 6.64. The zero-order valence-electron chi connectivity index (χ0n) is 11.5. The van der Waals surface area contributed by atoms with Gasteiger partial charge in [-0.05, 0) is 32.3 Å². The van der Waals surface area contributed by atoms with Crippen molar-refractivity contribution in [3.05, 3.63) is 17.5 Å². The summed E-state index contributed by atoms with van der Waals surface area (Å²) in [6, 6.07) is 1.71. The second-order valence-electron chi connectivity index (χ2n) is 4.92. The van der Waals surface area contributed by atoms with Crippen LogP contribution in [0.2, 0.25) is 0 Å². The van der Waals surface area contributed by atoms with Crippen molar-refractivity contribution >= 4 is 11.8 Å². The molecular formula is C13H20N4O2. The molecule has 1 aromatic rings. The average Bonchev–Trinajstić information content (AvgIpc) is 2.75. The van der Waals surface area contributed by atoms with Crippen LogP contribution in [-0.4, -0.2) is 46.1 Å². The molecular weight excluding hydrogens is 244 g/mol. The van der Waals surface area contributed by atoms with E-state index < -0.39 is 0 Å². The zero-order valence-corrected chi connectivity index (χ0v) is 11.5. The third kappa shape index (κ3) is 3.33. The zero-order chi connectivity index (χ0) is 13.8. The first-order valence-corrected chi connectivity index (χ1v) is 6.64. The van der Waals surface area contributed by atoms with Crippen molar-refractivity contribution in [2.45, 2.75) is 26.2 Å². The van der Waals surface area contributed by atoms with E-state index in [9.17, 15) is 9.59 Å². The third-order valence-corrected chi connectivity index (χ3v) is 3.34. The van der Waals surface area contributed by atoms with E-state index >= 15 is 0 Å². The summed E-state index contributed by atoms with van der Waals surface area (Å²) in [6.07, 6.45) is 3.30. The molecule has 1 fully saturated rings. The number of carbonyl (C=O) groups excluding carboxylic acids is 2. The van der Waals surface area contributed by atoms with Gasteiger partial charge in [-0.3, -0.25) is 14.3 Å². The summed E-state index contributed by atoms with van der Waals surface area (Å²) in [4.78, 5) is 25.7.